The maximum Gasteiger partial charge on any atom is 0.200 e. The van der Waals surface area contributed by atoms with E-state index < -0.39 is 8.32 Å². The lowest BCUT2D eigenvalue weighted by atomic mass is 10.1. The minimum absolute atomic E-state index is 0.216. The van der Waals surface area contributed by atoms with Crippen LogP contribution in [0, 0.1) is 5.92 Å². The standard InChI is InChI=1S/C17H36O2SSi/c1-10-17(20-16(9)18)15(8)11-19-21(12(2)3,13(4)5)14(6)7/h12-15,17H,10-11H2,1-9H3/t15-,17+/m1/s1. The first-order chi connectivity index (χ1) is 9.59. The van der Waals surface area contributed by atoms with Crippen LogP contribution >= 0.6 is 11.8 Å². The van der Waals surface area contributed by atoms with Gasteiger partial charge in [-0.15, -0.1) is 0 Å². The smallest absolute Gasteiger partial charge is 0.200 e. The summed E-state index contributed by atoms with van der Waals surface area (Å²) in [5.74, 6) is 0.423. The summed E-state index contributed by atoms with van der Waals surface area (Å²) in [5.41, 5.74) is 1.85. The highest BCUT2D eigenvalue weighted by molar-refractivity contribution is 8.14. The SMILES string of the molecule is CC[C@H](SC(C)=O)[C@H](C)CO[Si](C(C)C)(C(C)C)C(C)C. The fourth-order valence-electron chi connectivity index (χ4n) is 3.70. The van der Waals surface area contributed by atoms with E-state index in [0.29, 0.717) is 27.8 Å². The Morgan fingerprint density at radius 1 is 1.00 bits per heavy atom. The molecule has 21 heavy (non-hydrogen) atoms. The van der Waals surface area contributed by atoms with E-state index in [-0.39, 0.29) is 5.12 Å². The first-order valence-corrected chi connectivity index (χ1v) is 11.4. The van der Waals surface area contributed by atoms with Crippen molar-refractivity contribution in [1.82, 2.24) is 0 Å². The normalized spacial score (nSPS) is 15.8. The van der Waals surface area contributed by atoms with Gasteiger partial charge in [-0.2, -0.15) is 0 Å². The van der Waals surface area contributed by atoms with Crippen molar-refractivity contribution in [3.8, 4) is 0 Å². The molecule has 0 saturated carbocycles. The minimum atomic E-state index is -1.78. The molecule has 0 aliphatic heterocycles. The second-order valence-electron chi connectivity index (χ2n) is 7.16. The zero-order valence-corrected chi connectivity index (χ0v) is 17.3. The van der Waals surface area contributed by atoms with Crippen LogP contribution in [0.1, 0.15) is 68.7 Å². The first kappa shape index (κ1) is 21.2. The van der Waals surface area contributed by atoms with Crippen LogP contribution in [-0.2, 0) is 9.22 Å². The molecule has 0 rings (SSSR count). The summed E-state index contributed by atoms with van der Waals surface area (Å²) >= 11 is 1.48. The van der Waals surface area contributed by atoms with E-state index in [1.807, 2.05) is 0 Å². The summed E-state index contributed by atoms with van der Waals surface area (Å²) in [6.45, 7) is 20.8. The molecule has 0 radical (unpaired) electrons. The summed E-state index contributed by atoms with van der Waals surface area (Å²) in [4.78, 5) is 11.4. The van der Waals surface area contributed by atoms with Gasteiger partial charge >= 0.3 is 0 Å². The van der Waals surface area contributed by atoms with Gasteiger partial charge in [0.15, 0.2) is 13.4 Å². The van der Waals surface area contributed by atoms with E-state index in [4.69, 9.17) is 4.43 Å². The molecule has 0 aromatic rings. The maximum absolute atomic E-state index is 11.4. The zero-order valence-electron chi connectivity index (χ0n) is 15.5. The highest BCUT2D eigenvalue weighted by atomic mass is 32.2. The predicted octanol–water partition coefficient (Wildman–Crippen LogP) is 5.87. The van der Waals surface area contributed by atoms with E-state index in [0.717, 1.165) is 13.0 Å². The average Bonchev–Trinajstić information content (AvgIpc) is 2.34. The van der Waals surface area contributed by atoms with Crippen molar-refractivity contribution >= 4 is 25.2 Å². The molecule has 0 bridgehead atoms. The number of carbonyl (C=O) groups is 1. The van der Waals surface area contributed by atoms with Crippen LogP contribution < -0.4 is 0 Å². The fraction of sp³-hybridized carbons (Fsp3) is 0.941. The van der Waals surface area contributed by atoms with E-state index in [1.165, 1.54) is 11.8 Å². The molecule has 126 valence electrons. The highest BCUT2D eigenvalue weighted by Crippen LogP contribution is 2.42. The van der Waals surface area contributed by atoms with Crippen LogP contribution in [0.5, 0.6) is 0 Å². The van der Waals surface area contributed by atoms with Gasteiger partial charge in [-0.25, -0.2) is 0 Å². The Hall–Kier alpha value is 0.197. The van der Waals surface area contributed by atoms with Crippen molar-refractivity contribution in [2.24, 2.45) is 5.92 Å². The van der Waals surface area contributed by atoms with E-state index in [9.17, 15) is 4.79 Å². The van der Waals surface area contributed by atoms with Crippen LogP contribution in [0.4, 0.5) is 0 Å². The van der Waals surface area contributed by atoms with Gasteiger partial charge in [0.2, 0.25) is 0 Å². The summed E-state index contributed by atoms with van der Waals surface area (Å²) in [6, 6.07) is 0. The minimum Gasteiger partial charge on any atom is -0.416 e. The topological polar surface area (TPSA) is 26.3 Å². The Kier molecular flexibility index (Phi) is 9.45. The molecule has 0 aliphatic carbocycles. The van der Waals surface area contributed by atoms with Crippen molar-refractivity contribution in [2.75, 3.05) is 6.61 Å². The quantitative estimate of drug-likeness (QED) is 0.494. The molecular weight excluding hydrogens is 296 g/mol. The first-order valence-electron chi connectivity index (χ1n) is 8.40. The van der Waals surface area contributed by atoms with Gasteiger partial charge < -0.3 is 4.43 Å². The third-order valence-corrected chi connectivity index (χ3v) is 12.2. The molecule has 0 spiro atoms. The lowest BCUT2D eigenvalue weighted by molar-refractivity contribution is -0.109. The van der Waals surface area contributed by atoms with Gasteiger partial charge in [-0.3, -0.25) is 4.79 Å². The average molecular weight is 333 g/mol. The largest absolute Gasteiger partial charge is 0.416 e. The van der Waals surface area contributed by atoms with E-state index in [2.05, 4.69) is 55.4 Å². The summed E-state index contributed by atoms with van der Waals surface area (Å²) < 4.78 is 6.65. The Labute approximate surface area is 137 Å². The molecule has 0 N–H and O–H groups in total. The molecule has 0 heterocycles. The third-order valence-electron chi connectivity index (χ3n) is 4.66. The second-order valence-corrected chi connectivity index (χ2v) is 14.0. The molecule has 0 saturated heterocycles. The molecule has 0 amide bonds. The molecule has 2 nitrogen and oxygen atoms in total. The molecule has 2 atom stereocenters. The fourth-order valence-corrected chi connectivity index (χ4v) is 10.2. The van der Waals surface area contributed by atoms with Gasteiger partial charge in [-0.1, -0.05) is 67.2 Å². The molecule has 0 fully saturated rings. The van der Waals surface area contributed by atoms with E-state index >= 15 is 0 Å². The van der Waals surface area contributed by atoms with Gasteiger partial charge in [0.25, 0.3) is 0 Å². The van der Waals surface area contributed by atoms with Gasteiger partial charge in [0.05, 0.1) is 0 Å². The number of hydrogen-bond donors (Lipinski definition) is 0. The molecular formula is C17H36O2SSi. The lowest BCUT2D eigenvalue weighted by Gasteiger charge is -2.43. The Balaban J connectivity index is 4.93. The Morgan fingerprint density at radius 3 is 1.71 bits per heavy atom. The number of hydrogen-bond acceptors (Lipinski definition) is 3. The summed E-state index contributed by atoms with van der Waals surface area (Å²) in [6.07, 6.45) is 1.02. The van der Waals surface area contributed by atoms with Crippen molar-refractivity contribution in [2.45, 2.75) is 90.6 Å². The van der Waals surface area contributed by atoms with Crippen molar-refractivity contribution < 1.29 is 9.22 Å². The summed E-state index contributed by atoms with van der Waals surface area (Å²) in [5, 5.41) is 0.592. The molecule has 0 aromatic heterocycles. The van der Waals surface area contributed by atoms with E-state index in [1.54, 1.807) is 6.92 Å². The number of rotatable bonds is 9. The molecule has 0 unspecified atom stereocenters. The number of carbonyl (C=O) groups excluding carboxylic acids is 1. The van der Waals surface area contributed by atoms with Gasteiger partial charge in [0.1, 0.15) is 0 Å². The third kappa shape index (κ3) is 5.72. The lowest BCUT2D eigenvalue weighted by Crippen LogP contribution is -2.49. The van der Waals surface area contributed by atoms with Gasteiger partial charge in [0, 0.05) is 18.8 Å². The molecule has 0 aliphatic rings. The Bertz CT molecular complexity index is 294. The number of thioether (sulfide) groups is 1. The molecule has 4 heteroatoms. The second kappa shape index (κ2) is 9.36. The molecule has 0 aromatic carbocycles. The van der Waals surface area contributed by atoms with Crippen LogP contribution in [-0.4, -0.2) is 25.3 Å². The van der Waals surface area contributed by atoms with Crippen LogP contribution in [0.15, 0.2) is 0 Å². The van der Waals surface area contributed by atoms with Crippen molar-refractivity contribution in [1.29, 1.82) is 0 Å². The van der Waals surface area contributed by atoms with Gasteiger partial charge in [-0.05, 0) is 29.0 Å². The summed E-state index contributed by atoms with van der Waals surface area (Å²) in [7, 11) is -1.78. The zero-order chi connectivity index (χ0) is 16.8. The predicted molar refractivity (Wildman–Crippen MR) is 98.5 cm³/mol. The van der Waals surface area contributed by atoms with Crippen LogP contribution in [0.25, 0.3) is 0 Å². The monoisotopic (exact) mass is 332 g/mol. The highest BCUT2D eigenvalue weighted by Gasteiger charge is 2.45. The van der Waals surface area contributed by atoms with Crippen molar-refractivity contribution in [3.63, 3.8) is 0 Å². The van der Waals surface area contributed by atoms with Crippen molar-refractivity contribution in [3.05, 3.63) is 0 Å². The van der Waals surface area contributed by atoms with Crippen LogP contribution in [0.2, 0.25) is 16.6 Å². The van der Waals surface area contributed by atoms with Crippen LogP contribution in [0.3, 0.4) is 0 Å². The maximum atomic E-state index is 11.4. The Morgan fingerprint density at radius 2 is 1.43 bits per heavy atom.